The second-order valence-electron chi connectivity index (χ2n) is 5.43. The molecule has 0 unspecified atom stereocenters. The van der Waals surface area contributed by atoms with Gasteiger partial charge in [0.25, 0.3) is 0 Å². The monoisotopic (exact) mass is 301 g/mol. The van der Waals surface area contributed by atoms with Crippen molar-refractivity contribution in [3.8, 4) is 0 Å². The summed E-state index contributed by atoms with van der Waals surface area (Å²) in [5.41, 5.74) is 0. The predicted octanol–water partition coefficient (Wildman–Crippen LogP) is 0.302. The molecule has 0 aromatic rings. The van der Waals surface area contributed by atoms with E-state index in [4.69, 9.17) is 9.47 Å². The lowest BCUT2D eigenvalue weighted by atomic mass is 10.1. The van der Waals surface area contributed by atoms with Crippen LogP contribution in [0.3, 0.4) is 0 Å². The Morgan fingerprint density at radius 3 is 2.71 bits per heavy atom. The summed E-state index contributed by atoms with van der Waals surface area (Å²) in [5.74, 6) is -0.143. The average Bonchev–Trinajstić information content (AvgIpc) is 2.68. The van der Waals surface area contributed by atoms with E-state index in [1.165, 1.54) is 0 Å². The van der Waals surface area contributed by atoms with Crippen LogP contribution in [0, 0.1) is 0 Å². The number of hydrogen-bond donors (Lipinski definition) is 1. The lowest BCUT2D eigenvalue weighted by Crippen LogP contribution is -2.48. The van der Waals surface area contributed by atoms with Crippen molar-refractivity contribution in [2.45, 2.75) is 25.3 Å². The zero-order valence-corrected chi connectivity index (χ0v) is 13.3. The van der Waals surface area contributed by atoms with Gasteiger partial charge in [0, 0.05) is 40.3 Å². The van der Waals surface area contributed by atoms with Gasteiger partial charge >= 0.3 is 6.03 Å². The summed E-state index contributed by atoms with van der Waals surface area (Å²) in [5, 5.41) is 2.94. The SMILES string of the molecule is COCCOCC(=O)N[C@H]1CCCCN(C(=O)N(C)C)C1. The summed E-state index contributed by atoms with van der Waals surface area (Å²) in [6.45, 7) is 2.21. The fourth-order valence-corrected chi connectivity index (χ4v) is 2.29. The molecule has 1 atom stereocenters. The summed E-state index contributed by atoms with van der Waals surface area (Å²) in [4.78, 5) is 27.2. The number of ether oxygens (including phenoxy) is 2. The first-order chi connectivity index (χ1) is 10.0. The maximum absolute atomic E-state index is 12.0. The summed E-state index contributed by atoms with van der Waals surface area (Å²) >= 11 is 0. The predicted molar refractivity (Wildman–Crippen MR) is 79.1 cm³/mol. The van der Waals surface area contributed by atoms with E-state index in [0.29, 0.717) is 19.8 Å². The maximum atomic E-state index is 12.0. The van der Waals surface area contributed by atoms with E-state index in [1.54, 1.807) is 31.0 Å². The second-order valence-corrected chi connectivity index (χ2v) is 5.43. The molecule has 1 rings (SSSR count). The van der Waals surface area contributed by atoms with Gasteiger partial charge in [-0.1, -0.05) is 0 Å². The van der Waals surface area contributed by atoms with Crippen molar-refractivity contribution in [3.05, 3.63) is 0 Å². The molecule has 21 heavy (non-hydrogen) atoms. The highest BCUT2D eigenvalue weighted by atomic mass is 16.5. The van der Waals surface area contributed by atoms with Gasteiger partial charge in [0.1, 0.15) is 6.61 Å². The Hall–Kier alpha value is -1.34. The lowest BCUT2D eigenvalue weighted by molar-refractivity contribution is -0.126. The third-order valence-electron chi connectivity index (χ3n) is 3.35. The van der Waals surface area contributed by atoms with Crippen molar-refractivity contribution < 1.29 is 19.1 Å². The van der Waals surface area contributed by atoms with Gasteiger partial charge in [-0.05, 0) is 19.3 Å². The summed E-state index contributed by atoms with van der Waals surface area (Å²) in [7, 11) is 5.07. The number of nitrogens with one attached hydrogen (secondary N) is 1. The van der Waals surface area contributed by atoms with Gasteiger partial charge < -0.3 is 24.6 Å². The van der Waals surface area contributed by atoms with Gasteiger partial charge in [-0.3, -0.25) is 4.79 Å². The first-order valence-electron chi connectivity index (χ1n) is 7.37. The molecule has 0 spiro atoms. The third kappa shape index (κ3) is 6.77. The van der Waals surface area contributed by atoms with Gasteiger partial charge in [0.2, 0.25) is 5.91 Å². The van der Waals surface area contributed by atoms with Gasteiger partial charge in [0.05, 0.1) is 13.2 Å². The van der Waals surface area contributed by atoms with Crippen LogP contribution in [0.5, 0.6) is 0 Å². The van der Waals surface area contributed by atoms with Crippen LogP contribution in [0.25, 0.3) is 0 Å². The van der Waals surface area contributed by atoms with Crippen LogP contribution in [0.2, 0.25) is 0 Å². The Kier molecular flexibility index (Phi) is 8.07. The number of nitrogens with zero attached hydrogens (tertiary/aromatic N) is 2. The highest BCUT2D eigenvalue weighted by Gasteiger charge is 2.23. The molecular weight excluding hydrogens is 274 g/mol. The molecule has 0 saturated carbocycles. The van der Waals surface area contributed by atoms with Crippen LogP contribution in [0.4, 0.5) is 4.79 Å². The molecule has 7 heteroatoms. The first kappa shape index (κ1) is 17.7. The highest BCUT2D eigenvalue weighted by Crippen LogP contribution is 2.12. The van der Waals surface area contributed by atoms with E-state index in [1.807, 2.05) is 0 Å². The number of methoxy groups -OCH3 is 1. The van der Waals surface area contributed by atoms with Crippen LogP contribution in [-0.2, 0) is 14.3 Å². The molecule has 0 radical (unpaired) electrons. The molecule has 1 saturated heterocycles. The normalized spacial score (nSPS) is 19.0. The molecule has 1 aliphatic rings. The van der Waals surface area contributed by atoms with Gasteiger partial charge in [-0.15, -0.1) is 0 Å². The molecule has 122 valence electrons. The van der Waals surface area contributed by atoms with Crippen molar-refractivity contribution in [2.75, 3.05) is 54.1 Å². The quantitative estimate of drug-likeness (QED) is 0.716. The van der Waals surface area contributed by atoms with Crippen molar-refractivity contribution in [3.63, 3.8) is 0 Å². The van der Waals surface area contributed by atoms with E-state index in [9.17, 15) is 9.59 Å². The molecule has 3 amide bonds. The summed E-state index contributed by atoms with van der Waals surface area (Å²) in [6, 6.07) is -0.0116. The second kappa shape index (κ2) is 9.57. The maximum Gasteiger partial charge on any atom is 0.319 e. The minimum Gasteiger partial charge on any atom is -0.382 e. The molecule has 1 heterocycles. The zero-order chi connectivity index (χ0) is 15.7. The van der Waals surface area contributed by atoms with E-state index in [0.717, 1.165) is 25.8 Å². The minimum absolute atomic E-state index is 0.00470. The number of hydrogen-bond acceptors (Lipinski definition) is 4. The molecular formula is C14H27N3O4. The highest BCUT2D eigenvalue weighted by molar-refractivity contribution is 5.78. The Balaban J connectivity index is 2.38. The van der Waals surface area contributed by atoms with Gasteiger partial charge in [0.15, 0.2) is 0 Å². The van der Waals surface area contributed by atoms with Gasteiger partial charge in [-0.25, -0.2) is 4.79 Å². The first-order valence-corrected chi connectivity index (χ1v) is 7.37. The number of urea groups is 1. The minimum atomic E-state index is -0.143. The van der Waals surface area contributed by atoms with Crippen molar-refractivity contribution >= 4 is 11.9 Å². The molecule has 1 fully saturated rings. The molecule has 1 N–H and O–H groups in total. The standard InChI is InChI=1S/C14H27N3O4/c1-16(2)14(19)17-7-5-4-6-12(10-17)15-13(18)11-21-9-8-20-3/h12H,4-11H2,1-3H3,(H,15,18)/t12-/m0/s1. The molecule has 1 aliphatic heterocycles. The third-order valence-corrected chi connectivity index (χ3v) is 3.35. The Morgan fingerprint density at radius 1 is 1.29 bits per heavy atom. The van der Waals surface area contributed by atoms with Crippen molar-refractivity contribution in [1.29, 1.82) is 0 Å². The molecule has 0 bridgehead atoms. The topological polar surface area (TPSA) is 71.1 Å². The van der Waals surface area contributed by atoms with E-state index in [2.05, 4.69) is 5.32 Å². The number of amides is 3. The zero-order valence-electron chi connectivity index (χ0n) is 13.3. The Labute approximate surface area is 126 Å². The average molecular weight is 301 g/mol. The van der Waals surface area contributed by atoms with E-state index >= 15 is 0 Å². The van der Waals surface area contributed by atoms with Crippen LogP contribution >= 0.6 is 0 Å². The van der Waals surface area contributed by atoms with Crippen LogP contribution < -0.4 is 5.32 Å². The summed E-state index contributed by atoms with van der Waals surface area (Å²) < 4.78 is 10.0. The molecule has 0 aliphatic carbocycles. The Morgan fingerprint density at radius 2 is 2.05 bits per heavy atom. The van der Waals surface area contributed by atoms with Crippen molar-refractivity contribution in [1.82, 2.24) is 15.1 Å². The number of carbonyl (C=O) groups is 2. The van der Waals surface area contributed by atoms with Crippen molar-refractivity contribution in [2.24, 2.45) is 0 Å². The van der Waals surface area contributed by atoms with Crippen LogP contribution in [0.15, 0.2) is 0 Å². The van der Waals surface area contributed by atoms with Crippen LogP contribution in [-0.4, -0.2) is 81.9 Å². The summed E-state index contributed by atoms with van der Waals surface area (Å²) in [6.07, 6.45) is 2.87. The molecule has 0 aromatic carbocycles. The van der Waals surface area contributed by atoms with E-state index in [-0.39, 0.29) is 24.6 Å². The fourth-order valence-electron chi connectivity index (χ4n) is 2.29. The molecule has 0 aromatic heterocycles. The fraction of sp³-hybridized carbons (Fsp3) is 0.857. The number of carbonyl (C=O) groups excluding carboxylic acids is 2. The largest absolute Gasteiger partial charge is 0.382 e. The Bertz CT molecular complexity index is 336. The smallest absolute Gasteiger partial charge is 0.319 e. The number of likely N-dealkylation sites (tertiary alicyclic amines) is 1. The number of rotatable bonds is 6. The van der Waals surface area contributed by atoms with E-state index < -0.39 is 0 Å². The van der Waals surface area contributed by atoms with Gasteiger partial charge in [-0.2, -0.15) is 0 Å². The lowest BCUT2D eigenvalue weighted by Gasteiger charge is -2.27. The molecule has 7 nitrogen and oxygen atoms in total. The van der Waals surface area contributed by atoms with Crippen LogP contribution in [0.1, 0.15) is 19.3 Å².